The van der Waals surface area contributed by atoms with Crippen LogP contribution in [0.3, 0.4) is 0 Å². The molecule has 2 rings (SSSR count). The van der Waals surface area contributed by atoms with E-state index in [1.54, 1.807) is 0 Å². The van der Waals surface area contributed by atoms with Crippen LogP contribution in [0.1, 0.15) is 31.5 Å². The van der Waals surface area contributed by atoms with Crippen LogP contribution in [-0.4, -0.2) is 36.1 Å². The van der Waals surface area contributed by atoms with Crippen molar-refractivity contribution in [3.05, 3.63) is 30.1 Å². The van der Waals surface area contributed by atoms with Gasteiger partial charge >= 0.3 is 0 Å². The summed E-state index contributed by atoms with van der Waals surface area (Å²) in [5.41, 5.74) is 1.13. The van der Waals surface area contributed by atoms with Gasteiger partial charge in [-0.2, -0.15) is 0 Å². The minimum atomic E-state index is 0.351. The topological polar surface area (TPSA) is 28.2 Å². The number of likely N-dealkylation sites (tertiary alicyclic amines) is 1. The molecular formula is C13H21N3. The number of hydrogen-bond acceptors (Lipinski definition) is 3. The van der Waals surface area contributed by atoms with Crippen molar-refractivity contribution in [2.45, 2.75) is 25.8 Å². The fraction of sp³-hybridized carbons (Fsp3) is 0.615. The van der Waals surface area contributed by atoms with Gasteiger partial charge < -0.3 is 10.2 Å². The van der Waals surface area contributed by atoms with Crippen molar-refractivity contribution >= 4 is 0 Å². The van der Waals surface area contributed by atoms with E-state index in [1.807, 2.05) is 18.3 Å². The molecule has 0 aromatic carbocycles. The summed E-state index contributed by atoms with van der Waals surface area (Å²) in [5, 5.41) is 3.52. The molecule has 2 heterocycles. The summed E-state index contributed by atoms with van der Waals surface area (Å²) >= 11 is 0. The Balaban J connectivity index is 1.69. The maximum Gasteiger partial charge on any atom is 0.0570 e. The fourth-order valence-corrected chi connectivity index (χ4v) is 2.18. The molecular weight excluding hydrogens is 198 g/mol. The van der Waals surface area contributed by atoms with Crippen LogP contribution in [0.25, 0.3) is 0 Å². The Kier molecular flexibility index (Phi) is 4.31. The van der Waals surface area contributed by atoms with Gasteiger partial charge in [0.1, 0.15) is 0 Å². The third-order valence-corrected chi connectivity index (χ3v) is 3.21. The molecule has 1 aromatic heterocycles. The Morgan fingerprint density at radius 1 is 1.38 bits per heavy atom. The van der Waals surface area contributed by atoms with Gasteiger partial charge in [-0.3, -0.25) is 4.98 Å². The lowest BCUT2D eigenvalue weighted by atomic mass is 10.2. The molecule has 1 fully saturated rings. The van der Waals surface area contributed by atoms with Gasteiger partial charge in [0, 0.05) is 25.3 Å². The number of nitrogens with zero attached hydrogens (tertiary/aromatic N) is 2. The first-order valence-electron chi connectivity index (χ1n) is 6.23. The molecule has 1 N–H and O–H groups in total. The normalized spacial score (nSPS) is 18.8. The third kappa shape index (κ3) is 3.29. The van der Waals surface area contributed by atoms with E-state index in [2.05, 4.69) is 28.2 Å². The fourth-order valence-electron chi connectivity index (χ4n) is 2.18. The first-order chi connectivity index (χ1) is 7.86. The van der Waals surface area contributed by atoms with Gasteiger partial charge in [0.25, 0.3) is 0 Å². The van der Waals surface area contributed by atoms with Crippen LogP contribution in [0.2, 0.25) is 0 Å². The summed E-state index contributed by atoms with van der Waals surface area (Å²) in [5.74, 6) is 0. The molecule has 1 aromatic rings. The van der Waals surface area contributed by atoms with E-state index in [0.717, 1.165) is 18.8 Å². The van der Waals surface area contributed by atoms with Crippen molar-refractivity contribution in [1.82, 2.24) is 15.2 Å². The van der Waals surface area contributed by atoms with Gasteiger partial charge in [0.15, 0.2) is 0 Å². The Morgan fingerprint density at radius 2 is 2.19 bits per heavy atom. The molecule has 0 unspecified atom stereocenters. The molecule has 0 bridgehead atoms. The highest BCUT2D eigenvalue weighted by molar-refractivity contribution is 5.07. The van der Waals surface area contributed by atoms with Crippen LogP contribution in [0.4, 0.5) is 0 Å². The molecule has 3 nitrogen and oxygen atoms in total. The van der Waals surface area contributed by atoms with Crippen LogP contribution in [0.5, 0.6) is 0 Å². The minimum Gasteiger partial charge on any atom is -0.308 e. The van der Waals surface area contributed by atoms with Crippen LogP contribution in [0, 0.1) is 0 Å². The highest BCUT2D eigenvalue weighted by Crippen LogP contribution is 2.08. The average Bonchev–Trinajstić information content (AvgIpc) is 2.83. The lowest BCUT2D eigenvalue weighted by Crippen LogP contribution is -2.31. The molecule has 0 saturated carbocycles. The van der Waals surface area contributed by atoms with Crippen molar-refractivity contribution in [2.75, 3.05) is 26.2 Å². The van der Waals surface area contributed by atoms with E-state index >= 15 is 0 Å². The highest BCUT2D eigenvalue weighted by atomic mass is 15.2. The molecule has 1 saturated heterocycles. The Labute approximate surface area is 97.9 Å². The Hall–Kier alpha value is -0.930. The largest absolute Gasteiger partial charge is 0.308 e. The minimum absolute atomic E-state index is 0.351. The van der Waals surface area contributed by atoms with Gasteiger partial charge in [-0.15, -0.1) is 0 Å². The number of hydrogen-bond donors (Lipinski definition) is 1. The second kappa shape index (κ2) is 5.97. The van der Waals surface area contributed by atoms with Gasteiger partial charge in [0.2, 0.25) is 0 Å². The van der Waals surface area contributed by atoms with E-state index in [-0.39, 0.29) is 0 Å². The van der Waals surface area contributed by atoms with Gasteiger partial charge in [-0.05, 0) is 45.0 Å². The number of nitrogens with one attached hydrogen (secondary N) is 1. The van der Waals surface area contributed by atoms with Crippen molar-refractivity contribution in [2.24, 2.45) is 0 Å². The first kappa shape index (κ1) is 11.6. The molecule has 0 spiro atoms. The smallest absolute Gasteiger partial charge is 0.0570 e. The summed E-state index contributed by atoms with van der Waals surface area (Å²) in [6.45, 7) is 6.94. The zero-order valence-electron chi connectivity index (χ0n) is 10.0. The summed E-state index contributed by atoms with van der Waals surface area (Å²) in [4.78, 5) is 6.88. The van der Waals surface area contributed by atoms with Crippen LogP contribution < -0.4 is 5.32 Å². The van der Waals surface area contributed by atoms with E-state index in [0.29, 0.717) is 6.04 Å². The van der Waals surface area contributed by atoms with E-state index < -0.39 is 0 Å². The predicted molar refractivity (Wildman–Crippen MR) is 66.3 cm³/mol. The number of rotatable bonds is 5. The summed E-state index contributed by atoms with van der Waals surface area (Å²) in [6.07, 6.45) is 4.60. The molecule has 1 atom stereocenters. The second-order valence-electron chi connectivity index (χ2n) is 4.48. The monoisotopic (exact) mass is 219 g/mol. The first-order valence-corrected chi connectivity index (χ1v) is 6.23. The molecule has 0 aliphatic carbocycles. The lowest BCUT2D eigenvalue weighted by Gasteiger charge is -2.17. The van der Waals surface area contributed by atoms with Crippen molar-refractivity contribution < 1.29 is 0 Å². The quantitative estimate of drug-likeness (QED) is 0.819. The van der Waals surface area contributed by atoms with Crippen LogP contribution >= 0.6 is 0 Å². The second-order valence-corrected chi connectivity index (χ2v) is 4.48. The lowest BCUT2D eigenvalue weighted by molar-refractivity contribution is 0.329. The third-order valence-electron chi connectivity index (χ3n) is 3.21. The maximum absolute atomic E-state index is 4.35. The van der Waals surface area contributed by atoms with Gasteiger partial charge in [-0.25, -0.2) is 0 Å². The van der Waals surface area contributed by atoms with E-state index in [1.165, 1.54) is 25.9 Å². The van der Waals surface area contributed by atoms with Gasteiger partial charge in [-0.1, -0.05) is 6.07 Å². The van der Waals surface area contributed by atoms with Crippen molar-refractivity contribution in [3.63, 3.8) is 0 Å². The molecule has 1 aliphatic rings. The number of pyridine rings is 1. The van der Waals surface area contributed by atoms with Gasteiger partial charge in [0.05, 0.1) is 5.69 Å². The molecule has 3 heteroatoms. The van der Waals surface area contributed by atoms with Crippen molar-refractivity contribution in [1.29, 1.82) is 0 Å². The predicted octanol–water partition coefficient (Wildman–Crippen LogP) is 1.83. The molecule has 0 amide bonds. The molecule has 0 radical (unpaired) electrons. The SMILES string of the molecule is C[C@@H](NCCN1CCCC1)c1ccccn1. The molecule has 1 aliphatic heterocycles. The molecule has 16 heavy (non-hydrogen) atoms. The summed E-state index contributed by atoms with van der Waals surface area (Å²) in [6, 6.07) is 6.43. The average molecular weight is 219 g/mol. The Bertz CT molecular complexity index is 293. The Morgan fingerprint density at radius 3 is 2.88 bits per heavy atom. The standard InChI is InChI=1S/C13H21N3/c1-12(13-6-2-3-7-15-13)14-8-11-16-9-4-5-10-16/h2-3,6-7,12,14H,4-5,8-11H2,1H3/t12-/m1/s1. The maximum atomic E-state index is 4.35. The summed E-state index contributed by atoms with van der Waals surface area (Å²) < 4.78 is 0. The van der Waals surface area contributed by atoms with Crippen LogP contribution in [0.15, 0.2) is 24.4 Å². The zero-order valence-corrected chi connectivity index (χ0v) is 10.0. The summed E-state index contributed by atoms with van der Waals surface area (Å²) in [7, 11) is 0. The van der Waals surface area contributed by atoms with E-state index in [4.69, 9.17) is 0 Å². The van der Waals surface area contributed by atoms with Crippen molar-refractivity contribution in [3.8, 4) is 0 Å². The van der Waals surface area contributed by atoms with Crippen LogP contribution in [-0.2, 0) is 0 Å². The van der Waals surface area contributed by atoms with E-state index in [9.17, 15) is 0 Å². The number of aromatic nitrogens is 1. The zero-order chi connectivity index (χ0) is 11.2. The highest BCUT2D eigenvalue weighted by Gasteiger charge is 2.11. The molecule has 88 valence electrons.